The van der Waals surface area contributed by atoms with Crippen LogP contribution in [-0.2, 0) is 28.5 Å². The van der Waals surface area contributed by atoms with Gasteiger partial charge >= 0.3 is 24.1 Å². The van der Waals surface area contributed by atoms with E-state index < -0.39 is 23.4 Å². The van der Waals surface area contributed by atoms with Crippen LogP contribution in [0, 0.1) is 11.8 Å². The molecule has 12 heteroatoms. The Balaban J connectivity index is 0.000000380. The van der Waals surface area contributed by atoms with Crippen molar-refractivity contribution in [3.8, 4) is 0 Å². The quantitative estimate of drug-likeness (QED) is 0.289. The lowest BCUT2D eigenvalue weighted by molar-refractivity contribution is -0.150. The lowest BCUT2D eigenvalue weighted by Crippen LogP contribution is -2.54. The average Bonchev–Trinajstić information content (AvgIpc) is 2.78. The normalized spacial score (nSPS) is 23.6. The van der Waals surface area contributed by atoms with Gasteiger partial charge in [-0.05, 0) is 81.3 Å². The van der Waals surface area contributed by atoms with Gasteiger partial charge in [0.2, 0.25) is 0 Å². The van der Waals surface area contributed by atoms with E-state index in [9.17, 15) is 19.2 Å². The van der Waals surface area contributed by atoms with Gasteiger partial charge in [0.25, 0.3) is 0 Å². The minimum atomic E-state index is -0.550. The van der Waals surface area contributed by atoms with E-state index in [1.54, 1.807) is 55.4 Å². The van der Waals surface area contributed by atoms with Crippen molar-refractivity contribution in [2.24, 2.45) is 11.8 Å². The van der Waals surface area contributed by atoms with Crippen molar-refractivity contribution in [2.75, 3.05) is 39.4 Å². The largest absolute Gasteiger partial charge is 0.466 e. The molecule has 0 aromatic carbocycles. The molecule has 2 heterocycles. The number of carbonyl (C=O) groups is 4. The van der Waals surface area contributed by atoms with Crippen LogP contribution in [0.3, 0.4) is 0 Å². The summed E-state index contributed by atoms with van der Waals surface area (Å²) in [6, 6.07) is -0.578. The summed E-state index contributed by atoms with van der Waals surface area (Å²) < 4.78 is 20.5. The molecule has 0 aromatic heterocycles. The zero-order chi connectivity index (χ0) is 28.9. The molecule has 2 amide bonds. The van der Waals surface area contributed by atoms with Gasteiger partial charge in [-0.25, -0.2) is 9.59 Å². The van der Waals surface area contributed by atoms with E-state index in [1.165, 1.54) is 0 Å². The van der Waals surface area contributed by atoms with E-state index in [1.807, 2.05) is 0 Å². The van der Waals surface area contributed by atoms with Crippen molar-refractivity contribution in [3.05, 3.63) is 0 Å². The van der Waals surface area contributed by atoms with Crippen LogP contribution in [0.25, 0.3) is 0 Å². The number of hydrogen-bond donors (Lipinski definition) is 4. The Hall–Kier alpha value is -2.60. The molecular formula is C26H48N4O8. The summed E-state index contributed by atoms with van der Waals surface area (Å²) in [5.41, 5.74) is -1.10. The monoisotopic (exact) mass is 544 g/mol. The molecule has 220 valence electrons. The maximum absolute atomic E-state index is 11.8. The molecular weight excluding hydrogens is 496 g/mol. The van der Waals surface area contributed by atoms with Crippen LogP contribution in [0.5, 0.6) is 0 Å². The van der Waals surface area contributed by atoms with Crippen LogP contribution < -0.4 is 21.3 Å². The maximum atomic E-state index is 11.8. The Morgan fingerprint density at radius 1 is 0.684 bits per heavy atom. The van der Waals surface area contributed by atoms with Crippen LogP contribution in [0.4, 0.5) is 9.59 Å². The lowest BCUT2D eigenvalue weighted by Gasteiger charge is -2.31. The van der Waals surface area contributed by atoms with Gasteiger partial charge in [-0.2, -0.15) is 0 Å². The van der Waals surface area contributed by atoms with Gasteiger partial charge in [-0.3, -0.25) is 9.59 Å². The fourth-order valence-electron chi connectivity index (χ4n) is 4.00. The molecule has 0 unspecified atom stereocenters. The predicted molar refractivity (Wildman–Crippen MR) is 142 cm³/mol. The maximum Gasteiger partial charge on any atom is 0.407 e. The molecule has 2 aliphatic rings. The molecule has 0 bridgehead atoms. The van der Waals surface area contributed by atoms with E-state index in [0.717, 1.165) is 13.1 Å². The molecule has 4 N–H and O–H groups in total. The Morgan fingerprint density at radius 3 is 1.32 bits per heavy atom. The number of nitrogens with one attached hydrogen (secondary N) is 4. The van der Waals surface area contributed by atoms with Gasteiger partial charge in [-0.15, -0.1) is 0 Å². The van der Waals surface area contributed by atoms with Gasteiger partial charge < -0.3 is 40.2 Å². The molecule has 38 heavy (non-hydrogen) atoms. The molecule has 0 saturated carbocycles. The second-order valence-corrected chi connectivity index (χ2v) is 11.2. The van der Waals surface area contributed by atoms with Gasteiger partial charge in [0.05, 0.1) is 37.1 Å². The summed E-state index contributed by atoms with van der Waals surface area (Å²) in [4.78, 5) is 47.1. The first-order valence-corrected chi connectivity index (χ1v) is 13.4. The fraction of sp³-hybridized carbons (Fsp3) is 0.846. The number of rotatable bonds is 6. The first-order chi connectivity index (χ1) is 17.7. The molecule has 0 radical (unpaired) electrons. The molecule has 4 atom stereocenters. The molecule has 2 rings (SSSR count). The summed E-state index contributed by atoms with van der Waals surface area (Å²) >= 11 is 0. The summed E-state index contributed by atoms with van der Waals surface area (Å²) in [5.74, 6) is -1.14. The second kappa shape index (κ2) is 15.7. The third-order valence-corrected chi connectivity index (χ3v) is 5.55. The highest BCUT2D eigenvalue weighted by Crippen LogP contribution is 2.17. The minimum absolute atomic E-state index is 0.259. The zero-order valence-corrected chi connectivity index (χ0v) is 24.2. The summed E-state index contributed by atoms with van der Waals surface area (Å²) in [6.07, 6.45) is 0.296. The van der Waals surface area contributed by atoms with Crippen molar-refractivity contribution in [3.63, 3.8) is 0 Å². The van der Waals surface area contributed by atoms with Crippen molar-refractivity contribution in [1.29, 1.82) is 0 Å². The van der Waals surface area contributed by atoms with E-state index in [4.69, 9.17) is 18.9 Å². The number of esters is 2. The minimum Gasteiger partial charge on any atom is -0.466 e. The van der Waals surface area contributed by atoms with Gasteiger partial charge in [0.1, 0.15) is 11.2 Å². The molecule has 2 saturated heterocycles. The van der Waals surface area contributed by atoms with E-state index in [2.05, 4.69) is 21.3 Å². The van der Waals surface area contributed by atoms with Gasteiger partial charge in [0.15, 0.2) is 0 Å². The number of amides is 2. The van der Waals surface area contributed by atoms with Gasteiger partial charge in [0, 0.05) is 13.1 Å². The summed E-state index contributed by atoms with van der Waals surface area (Å²) in [5, 5.41) is 11.8. The highest BCUT2D eigenvalue weighted by atomic mass is 16.6. The molecule has 0 aliphatic carbocycles. The third kappa shape index (κ3) is 13.3. The first kappa shape index (κ1) is 33.4. The number of alkyl carbamates (subject to hydrolysis) is 2. The standard InChI is InChI=1S/2C13H24N2O4/c2*1-5-18-11(16)9-6-7-14-8-10(9)15-12(17)19-13(2,3)4/h2*9-10,14H,5-8H2,1-4H3,(H,15,17)/t2*9-,10-/m10/s1. The Morgan fingerprint density at radius 2 is 1.03 bits per heavy atom. The molecule has 12 nitrogen and oxygen atoms in total. The van der Waals surface area contributed by atoms with Crippen molar-refractivity contribution < 1.29 is 38.1 Å². The van der Waals surface area contributed by atoms with E-state index in [0.29, 0.717) is 39.1 Å². The lowest BCUT2D eigenvalue weighted by atomic mass is 9.93. The Labute approximate surface area is 226 Å². The second-order valence-electron chi connectivity index (χ2n) is 11.2. The Bertz CT molecular complexity index is 714. The SMILES string of the molecule is CCOC(=O)[C@@H]1CCNC[C@H]1NC(=O)OC(C)(C)C.CCOC(=O)[C@H]1CCNC[C@@H]1NC(=O)OC(C)(C)C. The highest BCUT2D eigenvalue weighted by Gasteiger charge is 2.35. The van der Waals surface area contributed by atoms with Gasteiger partial charge in [-0.1, -0.05) is 0 Å². The van der Waals surface area contributed by atoms with E-state index in [-0.39, 0.29) is 35.9 Å². The molecule has 2 aliphatic heterocycles. The number of carbonyl (C=O) groups excluding carboxylic acids is 4. The number of ether oxygens (including phenoxy) is 4. The fourth-order valence-corrected chi connectivity index (χ4v) is 4.00. The van der Waals surface area contributed by atoms with Crippen LogP contribution in [0.15, 0.2) is 0 Å². The van der Waals surface area contributed by atoms with Crippen LogP contribution >= 0.6 is 0 Å². The summed E-state index contributed by atoms with van der Waals surface area (Å²) in [6.45, 7) is 17.6. The Kier molecular flexibility index (Phi) is 13.8. The van der Waals surface area contributed by atoms with Crippen molar-refractivity contribution in [1.82, 2.24) is 21.3 Å². The zero-order valence-electron chi connectivity index (χ0n) is 24.2. The smallest absolute Gasteiger partial charge is 0.407 e. The average molecular weight is 545 g/mol. The van der Waals surface area contributed by atoms with Crippen molar-refractivity contribution >= 4 is 24.1 Å². The van der Waals surface area contributed by atoms with Crippen LogP contribution in [0.1, 0.15) is 68.2 Å². The van der Waals surface area contributed by atoms with Crippen molar-refractivity contribution in [2.45, 2.75) is 91.5 Å². The highest BCUT2D eigenvalue weighted by molar-refractivity contribution is 5.76. The van der Waals surface area contributed by atoms with Crippen LogP contribution in [-0.4, -0.2) is 86.8 Å². The number of piperidine rings is 2. The molecule has 0 spiro atoms. The van der Waals surface area contributed by atoms with E-state index >= 15 is 0 Å². The predicted octanol–water partition coefficient (Wildman–Crippen LogP) is 2.10. The summed E-state index contributed by atoms with van der Waals surface area (Å²) in [7, 11) is 0. The number of hydrogen-bond acceptors (Lipinski definition) is 10. The third-order valence-electron chi connectivity index (χ3n) is 5.55. The molecule has 0 aromatic rings. The first-order valence-electron chi connectivity index (χ1n) is 13.4. The van der Waals surface area contributed by atoms with Crippen LogP contribution in [0.2, 0.25) is 0 Å². The molecule has 2 fully saturated rings. The topological polar surface area (TPSA) is 153 Å².